The van der Waals surface area contributed by atoms with Crippen LogP contribution in [0.4, 0.5) is 5.69 Å². The Hall–Kier alpha value is -1.06. The van der Waals surface area contributed by atoms with Crippen molar-refractivity contribution in [3.63, 3.8) is 0 Å². The largest absolute Gasteiger partial charge is 0.497 e. The van der Waals surface area contributed by atoms with Crippen LogP contribution in [0.2, 0.25) is 0 Å². The van der Waals surface area contributed by atoms with E-state index in [0.717, 1.165) is 31.1 Å². The molecule has 0 spiro atoms. The van der Waals surface area contributed by atoms with Gasteiger partial charge >= 0.3 is 0 Å². The minimum Gasteiger partial charge on any atom is -0.497 e. The summed E-state index contributed by atoms with van der Waals surface area (Å²) in [5.74, 6) is 1.22. The zero-order valence-electron chi connectivity index (χ0n) is 12.8. The molecule has 0 radical (unpaired) electrons. The molecular weight excluding hydrogens is 383 g/mol. The molecule has 21 heavy (non-hydrogen) atoms. The van der Waals surface area contributed by atoms with Crippen LogP contribution in [0.3, 0.4) is 0 Å². The zero-order chi connectivity index (χ0) is 14.8. The van der Waals surface area contributed by atoms with Gasteiger partial charge in [-0.2, -0.15) is 0 Å². The van der Waals surface area contributed by atoms with Crippen LogP contribution in [0.25, 0.3) is 0 Å². The van der Waals surface area contributed by atoms with Crippen LogP contribution < -0.4 is 15.8 Å². The molecule has 0 amide bonds. The van der Waals surface area contributed by atoms with Gasteiger partial charge in [0.25, 0.3) is 0 Å². The molecule has 7 heteroatoms. The Morgan fingerprint density at radius 2 is 1.90 bits per heavy atom. The Balaban J connectivity index is 0.00000400. The number of hydrogen-bond donors (Lipinski definition) is 2. The van der Waals surface area contributed by atoms with E-state index in [1.807, 2.05) is 31.3 Å². The Bertz CT molecular complexity index is 412. The van der Waals surface area contributed by atoms with E-state index < -0.39 is 0 Å². The number of anilines is 1. The van der Waals surface area contributed by atoms with Crippen LogP contribution in [0.1, 0.15) is 0 Å². The van der Waals surface area contributed by atoms with E-state index in [4.69, 9.17) is 15.2 Å². The highest BCUT2D eigenvalue weighted by atomic mass is 127. The molecule has 0 saturated heterocycles. The average Bonchev–Trinajstić information content (AvgIpc) is 2.46. The normalized spacial score (nSPS) is 11.1. The van der Waals surface area contributed by atoms with Gasteiger partial charge in [0, 0.05) is 25.9 Å². The highest BCUT2D eigenvalue weighted by Gasteiger charge is 1.98. The number of ether oxygens (including phenoxy) is 2. The molecule has 0 fully saturated rings. The highest BCUT2D eigenvalue weighted by Crippen LogP contribution is 2.14. The van der Waals surface area contributed by atoms with Gasteiger partial charge in [0.1, 0.15) is 5.75 Å². The third-order valence-electron chi connectivity index (χ3n) is 2.80. The number of nitrogens with zero attached hydrogens (tertiary/aromatic N) is 2. The van der Waals surface area contributed by atoms with Gasteiger partial charge in [0.2, 0.25) is 0 Å². The van der Waals surface area contributed by atoms with Crippen LogP contribution in [0, 0.1) is 0 Å². The summed E-state index contributed by atoms with van der Waals surface area (Å²) in [6.07, 6.45) is 0. The summed E-state index contributed by atoms with van der Waals surface area (Å²) < 4.78 is 10.1. The molecule has 3 N–H and O–H groups in total. The molecule has 1 aromatic rings. The first kappa shape index (κ1) is 19.9. The number of benzene rings is 1. The van der Waals surface area contributed by atoms with E-state index >= 15 is 0 Å². The summed E-state index contributed by atoms with van der Waals surface area (Å²) in [4.78, 5) is 6.43. The van der Waals surface area contributed by atoms with E-state index in [9.17, 15) is 0 Å². The number of guanidine groups is 1. The minimum absolute atomic E-state index is 0. The zero-order valence-corrected chi connectivity index (χ0v) is 15.2. The number of nitrogens with one attached hydrogen (secondary N) is 1. The van der Waals surface area contributed by atoms with Crippen molar-refractivity contribution in [2.45, 2.75) is 0 Å². The molecule has 0 heterocycles. The molecule has 1 aromatic carbocycles. The Kier molecular flexibility index (Phi) is 11.0. The monoisotopic (exact) mass is 408 g/mol. The predicted octanol–water partition coefficient (Wildman–Crippen LogP) is 1.62. The number of rotatable bonds is 8. The molecule has 0 aromatic heterocycles. The van der Waals surface area contributed by atoms with E-state index in [0.29, 0.717) is 12.5 Å². The number of hydrogen-bond acceptors (Lipinski definition) is 4. The first-order chi connectivity index (χ1) is 9.65. The van der Waals surface area contributed by atoms with Crippen LogP contribution in [-0.2, 0) is 4.74 Å². The van der Waals surface area contributed by atoms with Crippen LogP contribution in [0.5, 0.6) is 5.75 Å². The second kappa shape index (κ2) is 11.6. The summed E-state index contributed by atoms with van der Waals surface area (Å²) in [7, 11) is 5.36. The Morgan fingerprint density at radius 3 is 2.48 bits per heavy atom. The lowest BCUT2D eigenvalue weighted by Gasteiger charge is -2.14. The fourth-order valence-corrected chi connectivity index (χ4v) is 1.56. The van der Waals surface area contributed by atoms with Gasteiger partial charge in [0.05, 0.1) is 20.3 Å². The highest BCUT2D eigenvalue weighted by molar-refractivity contribution is 14.0. The van der Waals surface area contributed by atoms with E-state index in [-0.39, 0.29) is 24.0 Å². The van der Waals surface area contributed by atoms with Gasteiger partial charge in [-0.15, -0.1) is 24.0 Å². The lowest BCUT2D eigenvalue weighted by Crippen LogP contribution is -2.28. The first-order valence-corrected chi connectivity index (χ1v) is 6.54. The van der Waals surface area contributed by atoms with Crippen molar-refractivity contribution >= 4 is 35.6 Å². The van der Waals surface area contributed by atoms with Crippen molar-refractivity contribution < 1.29 is 9.47 Å². The molecular formula is C14H25IN4O2. The lowest BCUT2D eigenvalue weighted by atomic mass is 10.3. The second-order valence-electron chi connectivity index (χ2n) is 4.42. The summed E-state index contributed by atoms with van der Waals surface area (Å²) >= 11 is 0. The van der Waals surface area contributed by atoms with Gasteiger partial charge in [-0.25, -0.2) is 0 Å². The molecule has 0 aliphatic heterocycles. The molecule has 0 aliphatic rings. The number of likely N-dealkylation sites (N-methyl/N-ethyl adjacent to an activating group) is 1. The average molecular weight is 408 g/mol. The minimum atomic E-state index is 0. The summed E-state index contributed by atoms with van der Waals surface area (Å²) in [5, 5.41) is 3.04. The van der Waals surface area contributed by atoms with Crippen molar-refractivity contribution in [1.29, 1.82) is 0 Å². The molecule has 1 rings (SSSR count). The van der Waals surface area contributed by atoms with E-state index in [1.165, 1.54) is 0 Å². The van der Waals surface area contributed by atoms with Crippen molar-refractivity contribution in [1.82, 2.24) is 4.90 Å². The maximum atomic E-state index is 5.83. The summed E-state index contributed by atoms with van der Waals surface area (Å²) in [5.41, 5.74) is 6.72. The predicted molar refractivity (Wildman–Crippen MR) is 97.9 cm³/mol. The maximum Gasteiger partial charge on any atom is 0.193 e. The molecule has 120 valence electrons. The summed E-state index contributed by atoms with van der Waals surface area (Å²) in [6, 6.07) is 7.53. The lowest BCUT2D eigenvalue weighted by molar-refractivity contribution is 0.163. The fraction of sp³-hybridized carbons (Fsp3) is 0.500. The molecule has 0 saturated carbocycles. The van der Waals surface area contributed by atoms with Gasteiger partial charge in [-0.3, -0.25) is 4.99 Å². The van der Waals surface area contributed by atoms with Gasteiger partial charge in [-0.1, -0.05) is 0 Å². The van der Waals surface area contributed by atoms with Gasteiger partial charge in [-0.05, 0) is 31.3 Å². The van der Waals surface area contributed by atoms with Crippen molar-refractivity contribution in [2.24, 2.45) is 10.7 Å². The molecule has 0 unspecified atom stereocenters. The van der Waals surface area contributed by atoms with Gasteiger partial charge in [0.15, 0.2) is 5.96 Å². The Morgan fingerprint density at radius 1 is 1.24 bits per heavy atom. The van der Waals surface area contributed by atoms with E-state index in [1.54, 1.807) is 14.2 Å². The van der Waals surface area contributed by atoms with Crippen LogP contribution in [0.15, 0.2) is 29.3 Å². The second-order valence-corrected chi connectivity index (χ2v) is 4.42. The first-order valence-electron chi connectivity index (χ1n) is 6.54. The SMILES string of the molecule is COCCN(C)CCN=C(N)Nc1ccc(OC)cc1.I. The van der Waals surface area contributed by atoms with E-state index in [2.05, 4.69) is 15.2 Å². The standard InChI is InChI=1S/C14H24N4O2.HI/c1-18(10-11-19-2)9-8-16-14(15)17-12-4-6-13(20-3)7-5-12;/h4-7H,8-11H2,1-3H3,(H3,15,16,17);1H. The molecule has 0 aliphatic carbocycles. The quantitative estimate of drug-likeness (QED) is 0.389. The van der Waals surface area contributed by atoms with Crippen LogP contribution in [-0.4, -0.2) is 58.4 Å². The number of nitrogens with two attached hydrogens (primary N) is 1. The maximum absolute atomic E-state index is 5.83. The fourth-order valence-electron chi connectivity index (χ4n) is 1.56. The van der Waals surface area contributed by atoms with Crippen molar-refractivity contribution in [2.75, 3.05) is 52.8 Å². The third kappa shape index (κ3) is 8.74. The van der Waals surface area contributed by atoms with Crippen molar-refractivity contribution in [3.8, 4) is 5.75 Å². The molecule has 6 nitrogen and oxygen atoms in total. The number of aliphatic imine (C=N–C) groups is 1. The molecule has 0 atom stereocenters. The van der Waals surface area contributed by atoms with Crippen LogP contribution >= 0.6 is 24.0 Å². The number of methoxy groups -OCH3 is 2. The third-order valence-corrected chi connectivity index (χ3v) is 2.80. The smallest absolute Gasteiger partial charge is 0.193 e. The molecule has 0 bridgehead atoms. The summed E-state index contributed by atoms with van der Waals surface area (Å²) in [6.45, 7) is 3.10. The topological polar surface area (TPSA) is 72.1 Å². The van der Waals surface area contributed by atoms with Crippen molar-refractivity contribution in [3.05, 3.63) is 24.3 Å². The Labute approximate surface area is 143 Å². The van der Waals surface area contributed by atoms with Gasteiger partial charge < -0.3 is 25.4 Å². The number of halogens is 1.